The summed E-state index contributed by atoms with van der Waals surface area (Å²) in [5, 5.41) is 14.3. The van der Waals surface area contributed by atoms with Crippen LogP contribution in [0.2, 0.25) is 0 Å². The molecule has 3 aromatic rings. The number of hydrogen-bond acceptors (Lipinski definition) is 4. The van der Waals surface area contributed by atoms with Crippen molar-refractivity contribution in [1.82, 2.24) is 20.2 Å². The molecule has 174 valence electrons. The Balaban J connectivity index is 1.35. The van der Waals surface area contributed by atoms with Gasteiger partial charge in [0.15, 0.2) is 0 Å². The van der Waals surface area contributed by atoms with Gasteiger partial charge in [-0.3, -0.25) is 4.79 Å². The van der Waals surface area contributed by atoms with Gasteiger partial charge in [-0.25, -0.2) is 4.98 Å². The number of aromatic amines is 1. The first-order valence-corrected chi connectivity index (χ1v) is 11.8. The van der Waals surface area contributed by atoms with Crippen LogP contribution in [0.5, 0.6) is 0 Å². The van der Waals surface area contributed by atoms with Crippen LogP contribution in [-0.2, 0) is 13.0 Å². The Bertz CT molecular complexity index is 1000. The van der Waals surface area contributed by atoms with Crippen LogP contribution >= 0.6 is 0 Å². The number of imidazole rings is 1. The molecule has 0 bridgehead atoms. The molecular weight excluding hydrogens is 412 g/mol. The maximum absolute atomic E-state index is 13.2. The molecule has 0 aliphatic carbocycles. The highest BCUT2D eigenvalue weighted by atomic mass is 16.3. The predicted octanol–water partition coefficient (Wildman–Crippen LogP) is 4.10. The second-order valence-electron chi connectivity index (χ2n) is 9.42. The third-order valence-electron chi connectivity index (χ3n) is 6.25. The number of rotatable bonds is 9. The van der Waals surface area contributed by atoms with E-state index < -0.39 is 6.10 Å². The van der Waals surface area contributed by atoms with Crippen molar-refractivity contribution in [3.63, 3.8) is 0 Å². The van der Waals surface area contributed by atoms with E-state index >= 15 is 0 Å². The van der Waals surface area contributed by atoms with Gasteiger partial charge in [0.05, 0.1) is 12.6 Å². The van der Waals surface area contributed by atoms with E-state index in [1.807, 2.05) is 47.4 Å². The molecule has 1 aromatic heterocycles. The quantitative estimate of drug-likeness (QED) is 0.462. The lowest BCUT2D eigenvalue weighted by atomic mass is 10.0. The fourth-order valence-corrected chi connectivity index (χ4v) is 4.62. The Morgan fingerprint density at radius 1 is 1.12 bits per heavy atom. The molecule has 3 N–H and O–H groups in total. The van der Waals surface area contributed by atoms with Gasteiger partial charge in [0.2, 0.25) is 0 Å². The summed E-state index contributed by atoms with van der Waals surface area (Å²) in [7, 11) is 0. The van der Waals surface area contributed by atoms with E-state index in [1.54, 1.807) is 12.4 Å². The van der Waals surface area contributed by atoms with Crippen molar-refractivity contribution in [2.24, 2.45) is 5.92 Å². The Labute approximate surface area is 196 Å². The van der Waals surface area contributed by atoms with E-state index in [0.717, 1.165) is 30.7 Å². The second kappa shape index (κ2) is 10.8. The van der Waals surface area contributed by atoms with Gasteiger partial charge in [0.1, 0.15) is 5.82 Å². The first-order valence-electron chi connectivity index (χ1n) is 11.8. The first-order chi connectivity index (χ1) is 16.0. The average Bonchev–Trinajstić information content (AvgIpc) is 3.51. The molecule has 6 nitrogen and oxygen atoms in total. The predicted molar refractivity (Wildman–Crippen MR) is 130 cm³/mol. The van der Waals surface area contributed by atoms with Gasteiger partial charge < -0.3 is 20.3 Å². The average molecular weight is 447 g/mol. The van der Waals surface area contributed by atoms with Crippen LogP contribution in [-0.4, -0.2) is 44.5 Å². The van der Waals surface area contributed by atoms with E-state index in [-0.39, 0.29) is 11.9 Å². The molecule has 4 rings (SSSR count). The van der Waals surface area contributed by atoms with Crippen molar-refractivity contribution < 1.29 is 9.90 Å². The van der Waals surface area contributed by atoms with Crippen molar-refractivity contribution in [1.29, 1.82) is 0 Å². The van der Waals surface area contributed by atoms with Crippen molar-refractivity contribution in [2.75, 3.05) is 6.54 Å². The first kappa shape index (κ1) is 23.2. The lowest BCUT2D eigenvalue weighted by Gasteiger charge is -2.24. The number of carbonyl (C=O) groups excluding carboxylic acids is 1. The molecule has 1 aliphatic rings. The molecule has 33 heavy (non-hydrogen) atoms. The van der Waals surface area contributed by atoms with Crippen LogP contribution in [0.25, 0.3) is 0 Å². The molecule has 2 heterocycles. The van der Waals surface area contributed by atoms with Crippen LogP contribution in [0.15, 0.2) is 67.0 Å². The van der Waals surface area contributed by atoms with Gasteiger partial charge in [-0.15, -0.1) is 0 Å². The molecule has 1 saturated heterocycles. The topological polar surface area (TPSA) is 81.2 Å². The number of carbonyl (C=O) groups is 1. The highest BCUT2D eigenvalue weighted by molar-refractivity contribution is 5.94. The van der Waals surface area contributed by atoms with Crippen LogP contribution in [0.3, 0.4) is 0 Å². The largest absolute Gasteiger partial charge is 0.387 e. The number of benzene rings is 2. The van der Waals surface area contributed by atoms with Crippen LogP contribution in [0.4, 0.5) is 0 Å². The standard InChI is InChI=1S/C27H34N4O2/c1-19(2)17-31(18-25-28-14-15-29-25)27(33)22-10-8-20(9-11-22)16-23-12-13-24(30-23)26(32)21-6-4-3-5-7-21/h3-11,14-15,19,23-24,26,30,32H,12-13,16-18H2,1-2H3,(H,28,29)/t23-,24+,26+/m0/s1. The van der Waals surface area contributed by atoms with Crippen LogP contribution in [0, 0.1) is 5.92 Å². The minimum absolute atomic E-state index is 0.0247. The Hall–Kier alpha value is -2.96. The molecule has 1 aliphatic heterocycles. The van der Waals surface area contributed by atoms with Crippen molar-refractivity contribution in [3.05, 3.63) is 89.5 Å². The summed E-state index contributed by atoms with van der Waals surface area (Å²) in [6.45, 7) is 5.38. The number of nitrogens with zero attached hydrogens (tertiary/aromatic N) is 2. The zero-order valence-electron chi connectivity index (χ0n) is 19.4. The Morgan fingerprint density at radius 3 is 2.55 bits per heavy atom. The minimum Gasteiger partial charge on any atom is -0.387 e. The van der Waals surface area contributed by atoms with E-state index in [2.05, 4.69) is 41.3 Å². The number of hydrogen-bond donors (Lipinski definition) is 3. The van der Waals surface area contributed by atoms with Gasteiger partial charge >= 0.3 is 0 Å². The second-order valence-corrected chi connectivity index (χ2v) is 9.42. The zero-order chi connectivity index (χ0) is 23.2. The number of H-pyrrole nitrogens is 1. The summed E-state index contributed by atoms with van der Waals surface area (Å²) in [6, 6.07) is 18.2. The number of aromatic nitrogens is 2. The molecule has 1 amide bonds. The highest BCUT2D eigenvalue weighted by Gasteiger charge is 2.30. The van der Waals surface area contributed by atoms with Gasteiger partial charge in [0, 0.05) is 36.6 Å². The smallest absolute Gasteiger partial charge is 0.254 e. The monoisotopic (exact) mass is 446 g/mol. The summed E-state index contributed by atoms with van der Waals surface area (Å²) in [5.74, 6) is 1.19. The molecule has 0 saturated carbocycles. The molecule has 3 atom stereocenters. The molecular formula is C27H34N4O2. The minimum atomic E-state index is -0.489. The molecule has 6 heteroatoms. The third kappa shape index (κ3) is 6.09. The lowest BCUT2D eigenvalue weighted by Crippen LogP contribution is -2.35. The summed E-state index contributed by atoms with van der Waals surface area (Å²) in [4.78, 5) is 22.4. The summed E-state index contributed by atoms with van der Waals surface area (Å²) >= 11 is 0. The lowest BCUT2D eigenvalue weighted by molar-refractivity contribution is 0.0718. The summed E-state index contributed by atoms with van der Waals surface area (Å²) < 4.78 is 0. The zero-order valence-corrected chi connectivity index (χ0v) is 19.4. The van der Waals surface area contributed by atoms with Gasteiger partial charge in [-0.05, 0) is 48.4 Å². The fraction of sp³-hybridized carbons (Fsp3) is 0.407. The van der Waals surface area contributed by atoms with E-state index in [1.165, 1.54) is 5.56 Å². The summed E-state index contributed by atoms with van der Waals surface area (Å²) in [5.41, 5.74) is 2.85. The van der Waals surface area contributed by atoms with E-state index in [9.17, 15) is 9.90 Å². The van der Waals surface area contributed by atoms with Crippen molar-refractivity contribution >= 4 is 5.91 Å². The fourth-order valence-electron chi connectivity index (χ4n) is 4.62. The summed E-state index contributed by atoms with van der Waals surface area (Å²) in [6.07, 6.45) is 5.87. The van der Waals surface area contributed by atoms with E-state index in [4.69, 9.17) is 0 Å². The molecule has 0 radical (unpaired) electrons. The molecule has 1 fully saturated rings. The number of amides is 1. The highest BCUT2D eigenvalue weighted by Crippen LogP contribution is 2.26. The SMILES string of the molecule is CC(C)CN(Cc1ncc[nH]1)C(=O)c1ccc(C[C@@H]2CC[C@H]([C@H](O)c3ccccc3)N2)cc1. The van der Waals surface area contributed by atoms with E-state index in [0.29, 0.717) is 30.6 Å². The van der Waals surface area contributed by atoms with Crippen LogP contribution in [0.1, 0.15) is 60.1 Å². The maximum Gasteiger partial charge on any atom is 0.254 e. The van der Waals surface area contributed by atoms with Gasteiger partial charge in [-0.1, -0.05) is 56.3 Å². The molecule has 0 unspecified atom stereocenters. The Kier molecular flexibility index (Phi) is 7.57. The maximum atomic E-state index is 13.2. The van der Waals surface area contributed by atoms with Gasteiger partial charge in [-0.2, -0.15) is 0 Å². The molecule has 2 aromatic carbocycles. The third-order valence-corrected chi connectivity index (χ3v) is 6.25. The number of aliphatic hydroxyl groups excluding tert-OH is 1. The van der Waals surface area contributed by atoms with Gasteiger partial charge in [0.25, 0.3) is 5.91 Å². The number of nitrogens with one attached hydrogen (secondary N) is 2. The molecule has 0 spiro atoms. The normalized spacial score (nSPS) is 19.0. The van der Waals surface area contributed by atoms with Crippen molar-refractivity contribution in [3.8, 4) is 0 Å². The van der Waals surface area contributed by atoms with Crippen LogP contribution < -0.4 is 5.32 Å². The van der Waals surface area contributed by atoms with Crippen molar-refractivity contribution in [2.45, 2.75) is 57.8 Å². The number of aliphatic hydroxyl groups is 1. The Morgan fingerprint density at radius 2 is 1.88 bits per heavy atom.